The number of amides is 1. The van der Waals surface area contributed by atoms with E-state index in [1.54, 1.807) is 23.5 Å². The minimum Gasteiger partial charge on any atom is -0.487 e. The first kappa shape index (κ1) is 31.8. The van der Waals surface area contributed by atoms with Gasteiger partial charge in [-0.1, -0.05) is 26.0 Å². The van der Waals surface area contributed by atoms with Crippen LogP contribution in [0.3, 0.4) is 0 Å². The summed E-state index contributed by atoms with van der Waals surface area (Å²) in [5.74, 6) is 0.424. The van der Waals surface area contributed by atoms with E-state index in [9.17, 15) is 18.3 Å². The molecule has 6 rings (SSSR count). The van der Waals surface area contributed by atoms with E-state index in [2.05, 4.69) is 10.3 Å². The van der Waals surface area contributed by atoms with Crippen molar-refractivity contribution in [3.8, 4) is 17.2 Å². The summed E-state index contributed by atoms with van der Waals surface area (Å²) in [6.45, 7) is 3.90. The van der Waals surface area contributed by atoms with Crippen LogP contribution in [0.4, 0.5) is 4.79 Å². The number of alkyl carbamates (subject to hydrolysis) is 1. The molecule has 3 aromatic rings. The van der Waals surface area contributed by atoms with Gasteiger partial charge < -0.3 is 38.8 Å². The fourth-order valence-corrected chi connectivity index (χ4v) is 8.08. The number of hydrogen-bond acceptors (Lipinski definition) is 12. The molecule has 3 aliphatic heterocycles. The minimum absolute atomic E-state index is 0.0525. The van der Waals surface area contributed by atoms with Crippen molar-refractivity contribution in [2.45, 2.75) is 69.7 Å². The van der Waals surface area contributed by atoms with Crippen LogP contribution < -0.4 is 19.5 Å². The lowest BCUT2D eigenvalue weighted by Gasteiger charge is -2.31. The first-order chi connectivity index (χ1) is 23.8. The largest absolute Gasteiger partial charge is 0.487 e. The van der Waals surface area contributed by atoms with Crippen molar-refractivity contribution < 1.29 is 49.5 Å². The summed E-state index contributed by atoms with van der Waals surface area (Å²) in [5, 5.41) is 17.3. The Morgan fingerprint density at radius 1 is 1.17 bits per heavy atom. The van der Waals surface area contributed by atoms with E-state index in [1.165, 1.54) is 18.2 Å². The molecule has 0 saturated carbocycles. The van der Waals surface area contributed by atoms with Crippen molar-refractivity contribution >= 4 is 27.5 Å². The number of hydrogen-bond donors (Lipinski definition) is 2. The fraction of sp³-hybridized carbons (Fsp3) is 0.515. The number of benzene rings is 2. The summed E-state index contributed by atoms with van der Waals surface area (Å²) >= 11 is 1.54. The molecule has 3 aliphatic rings. The molecule has 2 fully saturated rings. The van der Waals surface area contributed by atoms with E-state index < -0.39 is 47.4 Å². The van der Waals surface area contributed by atoms with E-state index in [1.807, 2.05) is 38.3 Å². The van der Waals surface area contributed by atoms with Crippen molar-refractivity contribution in [1.29, 1.82) is 0 Å². The highest BCUT2D eigenvalue weighted by atomic mass is 32.2. The zero-order chi connectivity index (χ0) is 35.6. The smallest absolute Gasteiger partial charge is 0.407 e. The number of carbonyl (C=O) groups excluding carboxylic acids is 1. The van der Waals surface area contributed by atoms with E-state index in [4.69, 9.17) is 31.2 Å². The number of aliphatic hydroxyl groups excluding tert-OH is 1. The fourth-order valence-electron chi connectivity index (χ4n) is 5.85. The van der Waals surface area contributed by atoms with E-state index in [0.717, 1.165) is 20.6 Å². The first-order valence-electron chi connectivity index (χ1n) is 16.8. The van der Waals surface area contributed by atoms with Crippen LogP contribution in [0.25, 0.3) is 0 Å². The number of nitrogens with one attached hydrogen (secondary N) is 1. The lowest BCUT2D eigenvalue weighted by Crippen LogP contribution is -2.51. The van der Waals surface area contributed by atoms with Crippen molar-refractivity contribution in [2.75, 3.05) is 33.0 Å². The van der Waals surface area contributed by atoms with Gasteiger partial charge in [0.1, 0.15) is 21.2 Å². The molecule has 0 spiro atoms. The summed E-state index contributed by atoms with van der Waals surface area (Å²) in [4.78, 5) is 17.5. The van der Waals surface area contributed by atoms with Crippen LogP contribution in [-0.2, 0) is 37.3 Å². The molecular formula is C33H41N3O10S2. The van der Waals surface area contributed by atoms with Crippen molar-refractivity contribution in [3.05, 3.63) is 64.1 Å². The molecule has 15 heteroatoms. The molecule has 5 atom stereocenters. The predicted octanol–water partition coefficient (Wildman–Crippen LogP) is 3.87. The highest BCUT2D eigenvalue weighted by Crippen LogP contribution is 2.35. The van der Waals surface area contributed by atoms with Gasteiger partial charge in [0.25, 0.3) is 0 Å². The molecule has 1 amide bonds. The van der Waals surface area contributed by atoms with Gasteiger partial charge in [-0.2, -0.15) is 4.31 Å². The van der Waals surface area contributed by atoms with Gasteiger partial charge in [-0.25, -0.2) is 18.2 Å². The Balaban J connectivity index is 1.19. The molecule has 2 saturated heterocycles. The van der Waals surface area contributed by atoms with Crippen molar-refractivity contribution in [3.63, 3.8) is 0 Å². The average Bonchev–Trinajstić information content (AvgIpc) is 3.84. The molecule has 1 aromatic heterocycles. The number of rotatable bonds is 14. The Morgan fingerprint density at radius 2 is 1.96 bits per heavy atom. The maximum Gasteiger partial charge on any atom is 0.407 e. The quantitative estimate of drug-likeness (QED) is 0.251. The van der Waals surface area contributed by atoms with E-state index in [0.29, 0.717) is 25.4 Å². The predicted molar refractivity (Wildman–Crippen MR) is 174 cm³/mol. The topological polar surface area (TPSA) is 155 Å². The summed E-state index contributed by atoms with van der Waals surface area (Å²) in [5.41, 5.74) is 1.58. The molecule has 0 aliphatic carbocycles. The second-order valence-electron chi connectivity index (χ2n) is 12.4. The number of aliphatic hydroxyl groups is 1. The van der Waals surface area contributed by atoms with E-state index in [-0.39, 0.29) is 54.3 Å². The van der Waals surface area contributed by atoms with Gasteiger partial charge in [0, 0.05) is 24.5 Å². The van der Waals surface area contributed by atoms with Crippen LogP contribution in [0.5, 0.6) is 17.2 Å². The highest BCUT2D eigenvalue weighted by molar-refractivity contribution is 7.89. The SMILES string of the molecule is [2H]C1([2H])Oc2ccc(S(=O)(=O)N(CC(C)C)C[C@@H](O)[C@H](Cc3ccc(OCc4csc(C)n4)cc3)NC(=O)O[C@H]3CO[C@H]4OCC[C@H]43)cc2O1. The third-order valence-corrected chi connectivity index (χ3v) is 10.9. The van der Waals surface area contributed by atoms with Crippen LogP contribution >= 0.6 is 11.3 Å². The zero-order valence-electron chi connectivity index (χ0n) is 28.9. The maximum atomic E-state index is 14.0. The minimum atomic E-state index is -4.23. The van der Waals surface area contributed by atoms with Gasteiger partial charge in [-0.3, -0.25) is 0 Å². The second kappa shape index (κ2) is 15.0. The third-order valence-electron chi connectivity index (χ3n) is 8.26. The highest BCUT2D eigenvalue weighted by Gasteiger charge is 2.44. The molecule has 48 heavy (non-hydrogen) atoms. The van der Waals surface area contributed by atoms with Crippen LogP contribution in [0.1, 0.15) is 39.3 Å². The Bertz CT molecular complexity index is 1760. The number of ether oxygens (including phenoxy) is 6. The third kappa shape index (κ3) is 8.21. The number of nitrogens with zero attached hydrogens (tertiary/aromatic N) is 2. The number of sulfonamides is 1. The maximum absolute atomic E-state index is 14.0. The lowest BCUT2D eigenvalue weighted by atomic mass is 10.0. The normalized spacial score (nSPS) is 23.0. The average molecular weight is 706 g/mol. The number of aromatic nitrogens is 1. The second-order valence-corrected chi connectivity index (χ2v) is 15.4. The molecule has 2 aromatic carbocycles. The Hall–Kier alpha value is -3.47. The molecule has 260 valence electrons. The van der Waals surface area contributed by atoms with Gasteiger partial charge in [-0.05, 0) is 55.5 Å². The monoisotopic (exact) mass is 705 g/mol. The molecule has 2 N–H and O–H groups in total. The summed E-state index contributed by atoms with van der Waals surface area (Å²) in [6.07, 6.45) is -2.24. The number of thiazole rings is 1. The van der Waals surface area contributed by atoms with Crippen LogP contribution in [0, 0.1) is 18.8 Å². The van der Waals surface area contributed by atoms with Crippen LogP contribution in [0.2, 0.25) is 0 Å². The van der Waals surface area contributed by atoms with Gasteiger partial charge in [0.15, 0.2) is 17.8 Å². The van der Waals surface area contributed by atoms with Crippen molar-refractivity contribution in [1.82, 2.24) is 14.6 Å². The number of carbonyl (C=O) groups is 1. The van der Waals surface area contributed by atoms with Gasteiger partial charge >= 0.3 is 6.09 Å². The van der Waals surface area contributed by atoms with E-state index >= 15 is 0 Å². The summed E-state index contributed by atoms with van der Waals surface area (Å²) in [7, 11) is -4.23. The molecular weight excluding hydrogens is 663 g/mol. The van der Waals surface area contributed by atoms with Crippen molar-refractivity contribution in [2.24, 2.45) is 11.8 Å². The Kier molecular flexibility index (Phi) is 9.91. The number of aryl methyl sites for hydroxylation is 1. The first-order valence-corrected chi connectivity index (χ1v) is 18.1. The molecule has 0 unspecified atom stereocenters. The van der Waals surface area contributed by atoms with Gasteiger partial charge in [0.05, 0.1) is 46.9 Å². The molecule has 0 radical (unpaired) electrons. The van der Waals surface area contributed by atoms with Gasteiger partial charge in [0.2, 0.25) is 16.8 Å². The molecule has 4 heterocycles. The Labute approximate surface area is 286 Å². The molecule has 0 bridgehead atoms. The molecule has 13 nitrogen and oxygen atoms in total. The van der Waals surface area contributed by atoms with Gasteiger partial charge in [-0.15, -0.1) is 11.3 Å². The standard InChI is InChI=1S/C33H41N3O10S2/c1-20(2)14-36(48(39,40)25-8-9-29-30(13-25)45-19-44-29)15-28(37)27(35-33(38)46-31-17-43-32-26(31)10-11-41-32)12-22-4-6-24(7-5-22)42-16-23-18-47-21(3)34-23/h4-9,13,18,20,26-28,31-32,37H,10-12,14-17,19H2,1-3H3,(H,35,38)/t26-,27-,28+,31-,32+/m0/s1/i19D2. The summed E-state index contributed by atoms with van der Waals surface area (Å²) in [6, 6.07) is 10.1. The van der Waals surface area contributed by atoms with Crippen LogP contribution in [0.15, 0.2) is 52.7 Å². The van der Waals surface area contributed by atoms with Crippen LogP contribution in [-0.4, -0.2) is 86.5 Å². The Morgan fingerprint density at radius 3 is 2.71 bits per heavy atom. The summed E-state index contributed by atoms with van der Waals surface area (Å²) < 4.78 is 77.4. The zero-order valence-corrected chi connectivity index (χ0v) is 28.5. The number of fused-ring (bicyclic) bond motifs is 2. The lowest BCUT2D eigenvalue weighted by molar-refractivity contribution is -0.0907.